The molecule has 0 amide bonds. The molecule has 168 valence electrons. The average Bonchev–Trinajstić information content (AvgIpc) is 3.11. The van der Waals surface area contributed by atoms with E-state index in [2.05, 4.69) is 6.92 Å². The Kier molecular flexibility index (Phi) is 7.82. The van der Waals surface area contributed by atoms with E-state index in [1.165, 1.54) is 0 Å². The minimum absolute atomic E-state index is 0.221. The number of esters is 2. The molecule has 3 aromatic rings. The SMILES string of the molecule is CCCC(=O)Oc1ccc(-c2nn(C)c(-c3ccc(OC(=O)CCC)cc3)c2CC)cc1. The summed E-state index contributed by atoms with van der Waals surface area (Å²) in [5.41, 5.74) is 5.01. The van der Waals surface area contributed by atoms with Crippen molar-refractivity contribution in [3.05, 3.63) is 54.1 Å². The Labute approximate surface area is 189 Å². The maximum atomic E-state index is 11.7. The van der Waals surface area contributed by atoms with Crippen LogP contribution in [0.25, 0.3) is 22.5 Å². The zero-order valence-corrected chi connectivity index (χ0v) is 19.2. The molecule has 0 aliphatic carbocycles. The standard InChI is InChI=1S/C26H30N2O4/c1-5-8-23(29)31-20-14-10-18(11-15-20)25-22(7-3)26(28(4)27-25)19-12-16-21(17-13-19)32-24(30)9-6-2/h10-17H,5-9H2,1-4H3. The molecule has 0 saturated heterocycles. The Morgan fingerprint density at radius 3 is 1.69 bits per heavy atom. The molecule has 2 aromatic carbocycles. The number of aromatic nitrogens is 2. The van der Waals surface area contributed by atoms with Crippen molar-refractivity contribution in [2.75, 3.05) is 0 Å². The van der Waals surface area contributed by atoms with E-state index >= 15 is 0 Å². The predicted octanol–water partition coefficient (Wildman–Crippen LogP) is 5.73. The number of nitrogens with zero attached hydrogens (tertiary/aromatic N) is 2. The monoisotopic (exact) mass is 434 g/mol. The molecule has 0 fully saturated rings. The molecule has 1 aromatic heterocycles. The largest absolute Gasteiger partial charge is 0.427 e. The van der Waals surface area contributed by atoms with Gasteiger partial charge in [0.1, 0.15) is 11.5 Å². The van der Waals surface area contributed by atoms with E-state index < -0.39 is 0 Å². The second kappa shape index (κ2) is 10.8. The van der Waals surface area contributed by atoms with Crippen LogP contribution in [0.15, 0.2) is 48.5 Å². The van der Waals surface area contributed by atoms with Crippen molar-refractivity contribution in [3.63, 3.8) is 0 Å². The number of ether oxygens (including phenoxy) is 2. The van der Waals surface area contributed by atoms with Gasteiger partial charge in [0.25, 0.3) is 0 Å². The number of benzene rings is 2. The van der Waals surface area contributed by atoms with Crippen LogP contribution in [-0.4, -0.2) is 21.7 Å². The third kappa shape index (κ3) is 5.44. The number of carbonyl (C=O) groups is 2. The van der Waals surface area contributed by atoms with Crippen LogP contribution in [-0.2, 0) is 23.1 Å². The topological polar surface area (TPSA) is 70.4 Å². The second-order valence-corrected chi connectivity index (χ2v) is 7.65. The van der Waals surface area contributed by atoms with Crippen LogP contribution in [0.2, 0.25) is 0 Å². The summed E-state index contributed by atoms with van der Waals surface area (Å²) in [6.07, 6.45) is 3.14. The lowest BCUT2D eigenvalue weighted by molar-refractivity contribution is -0.135. The van der Waals surface area contributed by atoms with E-state index in [1.54, 1.807) is 12.1 Å². The van der Waals surface area contributed by atoms with E-state index in [0.717, 1.165) is 47.3 Å². The highest BCUT2D eigenvalue weighted by molar-refractivity contribution is 5.77. The molecule has 0 saturated carbocycles. The minimum atomic E-state index is -0.224. The Morgan fingerprint density at radius 2 is 1.25 bits per heavy atom. The molecule has 0 spiro atoms. The fraction of sp³-hybridized carbons (Fsp3) is 0.346. The van der Waals surface area contributed by atoms with Crippen molar-refractivity contribution in [1.82, 2.24) is 9.78 Å². The number of hydrogen-bond donors (Lipinski definition) is 0. The zero-order chi connectivity index (χ0) is 23.1. The van der Waals surface area contributed by atoms with Gasteiger partial charge in [-0.15, -0.1) is 0 Å². The molecule has 1 heterocycles. The first-order chi connectivity index (χ1) is 15.5. The van der Waals surface area contributed by atoms with Crippen molar-refractivity contribution < 1.29 is 19.1 Å². The number of carbonyl (C=O) groups excluding carboxylic acids is 2. The molecule has 0 atom stereocenters. The van der Waals surface area contributed by atoms with Gasteiger partial charge in [-0.1, -0.05) is 20.8 Å². The highest BCUT2D eigenvalue weighted by atomic mass is 16.5. The van der Waals surface area contributed by atoms with Crippen LogP contribution in [0.4, 0.5) is 0 Å². The van der Waals surface area contributed by atoms with Gasteiger partial charge in [0.2, 0.25) is 0 Å². The highest BCUT2D eigenvalue weighted by Crippen LogP contribution is 2.33. The summed E-state index contributed by atoms with van der Waals surface area (Å²) in [6.45, 7) is 6.00. The molecule has 3 rings (SSSR count). The first-order valence-corrected chi connectivity index (χ1v) is 11.1. The smallest absolute Gasteiger partial charge is 0.311 e. The fourth-order valence-corrected chi connectivity index (χ4v) is 3.63. The van der Waals surface area contributed by atoms with Crippen LogP contribution in [0.3, 0.4) is 0 Å². The summed E-state index contributed by atoms with van der Waals surface area (Å²) in [5, 5.41) is 4.77. The quantitative estimate of drug-likeness (QED) is 0.318. The molecule has 0 aliphatic heterocycles. The van der Waals surface area contributed by atoms with E-state index in [9.17, 15) is 9.59 Å². The molecular formula is C26H30N2O4. The summed E-state index contributed by atoms with van der Waals surface area (Å²) in [5.74, 6) is 0.634. The molecule has 6 nitrogen and oxygen atoms in total. The molecular weight excluding hydrogens is 404 g/mol. The number of aryl methyl sites for hydroxylation is 1. The number of rotatable bonds is 9. The lowest BCUT2D eigenvalue weighted by Crippen LogP contribution is -2.06. The summed E-state index contributed by atoms with van der Waals surface area (Å²) < 4.78 is 12.6. The van der Waals surface area contributed by atoms with Crippen molar-refractivity contribution in [3.8, 4) is 34.0 Å². The second-order valence-electron chi connectivity index (χ2n) is 7.65. The van der Waals surface area contributed by atoms with Gasteiger partial charge in [-0.25, -0.2) is 0 Å². The van der Waals surface area contributed by atoms with E-state index in [0.29, 0.717) is 24.3 Å². The van der Waals surface area contributed by atoms with Gasteiger partial charge in [0.15, 0.2) is 0 Å². The van der Waals surface area contributed by atoms with Crippen LogP contribution >= 0.6 is 0 Å². The third-order valence-corrected chi connectivity index (χ3v) is 5.13. The first-order valence-electron chi connectivity index (χ1n) is 11.1. The molecule has 0 aliphatic rings. The Hall–Kier alpha value is -3.41. The van der Waals surface area contributed by atoms with Gasteiger partial charge in [0, 0.05) is 36.6 Å². The van der Waals surface area contributed by atoms with Crippen molar-refractivity contribution in [2.24, 2.45) is 7.05 Å². The van der Waals surface area contributed by atoms with Crippen molar-refractivity contribution in [1.29, 1.82) is 0 Å². The predicted molar refractivity (Wildman–Crippen MR) is 125 cm³/mol. The molecule has 32 heavy (non-hydrogen) atoms. The van der Waals surface area contributed by atoms with Gasteiger partial charge in [0.05, 0.1) is 11.4 Å². The van der Waals surface area contributed by atoms with Crippen LogP contribution in [0.5, 0.6) is 11.5 Å². The highest BCUT2D eigenvalue weighted by Gasteiger charge is 2.18. The van der Waals surface area contributed by atoms with Gasteiger partial charge in [-0.2, -0.15) is 5.10 Å². The third-order valence-electron chi connectivity index (χ3n) is 5.13. The minimum Gasteiger partial charge on any atom is -0.427 e. The van der Waals surface area contributed by atoms with E-state index in [4.69, 9.17) is 14.6 Å². The fourth-order valence-electron chi connectivity index (χ4n) is 3.63. The summed E-state index contributed by atoms with van der Waals surface area (Å²) >= 11 is 0. The average molecular weight is 435 g/mol. The maximum Gasteiger partial charge on any atom is 0.311 e. The van der Waals surface area contributed by atoms with Gasteiger partial charge in [-0.3, -0.25) is 14.3 Å². The van der Waals surface area contributed by atoms with Crippen LogP contribution in [0.1, 0.15) is 52.0 Å². The Morgan fingerprint density at radius 1 is 0.781 bits per heavy atom. The lowest BCUT2D eigenvalue weighted by atomic mass is 10.00. The first kappa shape index (κ1) is 23.3. The molecule has 0 unspecified atom stereocenters. The summed E-state index contributed by atoms with van der Waals surface area (Å²) in [7, 11) is 1.92. The summed E-state index contributed by atoms with van der Waals surface area (Å²) in [4.78, 5) is 23.5. The van der Waals surface area contributed by atoms with E-state index in [-0.39, 0.29) is 11.9 Å². The molecule has 0 radical (unpaired) electrons. The maximum absolute atomic E-state index is 11.7. The molecule has 0 bridgehead atoms. The van der Waals surface area contributed by atoms with Crippen LogP contribution < -0.4 is 9.47 Å². The zero-order valence-electron chi connectivity index (χ0n) is 19.2. The van der Waals surface area contributed by atoms with Gasteiger partial charge < -0.3 is 9.47 Å². The van der Waals surface area contributed by atoms with Crippen molar-refractivity contribution >= 4 is 11.9 Å². The van der Waals surface area contributed by atoms with E-state index in [1.807, 2.05) is 62.0 Å². The Bertz CT molecular complexity index is 1070. The van der Waals surface area contributed by atoms with Crippen molar-refractivity contribution in [2.45, 2.75) is 52.9 Å². The normalized spacial score (nSPS) is 10.8. The lowest BCUT2D eigenvalue weighted by Gasteiger charge is -2.08. The summed E-state index contributed by atoms with van der Waals surface area (Å²) in [6, 6.07) is 15.0. The molecule has 6 heteroatoms. The van der Waals surface area contributed by atoms with Crippen LogP contribution in [0, 0.1) is 0 Å². The van der Waals surface area contributed by atoms with Gasteiger partial charge in [-0.05, 0) is 67.8 Å². The Balaban J connectivity index is 1.86. The van der Waals surface area contributed by atoms with Gasteiger partial charge >= 0.3 is 11.9 Å². The number of hydrogen-bond acceptors (Lipinski definition) is 5. The molecule has 0 N–H and O–H groups in total.